The molecule has 0 spiro atoms. The topological polar surface area (TPSA) is 89.9 Å². The number of ether oxygens (including phenoxy) is 3. The molecule has 0 radical (unpaired) electrons. The first-order valence-electron chi connectivity index (χ1n) is 12.1. The number of pyridine rings is 1. The first kappa shape index (κ1) is 33.6. The van der Waals surface area contributed by atoms with Crippen LogP contribution in [0.5, 0.6) is 17.2 Å². The third-order valence-corrected chi connectivity index (χ3v) is 5.33. The summed E-state index contributed by atoms with van der Waals surface area (Å²) >= 11 is 0. The van der Waals surface area contributed by atoms with Crippen LogP contribution in [0.4, 0.5) is 5.82 Å². The summed E-state index contributed by atoms with van der Waals surface area (Å²) in [6.45, 7) is 14.0. The molecule has 1 aromatic heterocycles. The Morgan fingerprint density at radius 3 is 2.22 bits per heavy atom. The zero-order valence-corrected chi connectivity index (χ0v) is 22.5. The molecule has 8 heteroatoms. The predicted molar refractivity (Wildman–Crippen MR) is 141 cm³/mol. The maximum Gasteiger partial charge on any atom is 1.00 e. The van der Waals surface area contributed by atoms with Crippen LogP contribution in [-0.2, 0) is 17.6 Å². The van der Waals surface area contributed by atoms with Crippen molar-refractivity contribution in [3.05, 3.63) is 62.4 Å². The number of rotatable bonds is 10. The number of benzene rings is 1. The van der Waals surface area contributed by atoms with Gasteiger partial charge in [0.1, 0.15) is 23.1 Å². The third kappa shape index (κ3) is 13.1. The van der Waals surface area contributed by atoms with Crippen molar-refractivity contribution >= 4 is 11.8 Å². The van der Waals surface area contributed by atoms with Crippen molar-refractivity contribution in [2.45, 2.75) is 51.9 Å². The van der Waals surface area contributed by atoms with E-state index in [1.54, 1.807) is 39.3 Å². The summed E-state index contributed by atoms with van der Waals surface area (Å²) < 4.78 is 15.3. The van der Waals surface area contributed by atoms with Gasteiger partial charge in [0.05, 0.1) is 14.2 Å². The van der Waals surface area contributed by atoms with Crippen LogP contribution in [0.1, 0.15) is 50.3 Å². The normalized spacial score (nSPS) is 12.1. The number of methoxy groups -OCH3 is 2. The molecule has 0 bridgehead atoms. The minimum absolute atomic E-state index is 0. The van der Waals surface area contributed by atoms with Crippen molar-refractivity contribution < 1.29 is 43.0 Å². The summed E-state index contributed by atoms with van der Waals surface area (Å²) in [6.07, 6.45) is 7.40. The van der Waals surface area contributed by atoms with Gasteiger partial charge in [-0.25, -0.2) is 4.98 Å². The monoisotopic (exact) mass is 492 g/mol. The standard InChI is InChI=1S/C13H19N2.C10H13O3.C5H9O2.Li/c1-2-3-4-7-12-9-8-11-6-5-10-14-13(11)15-12;1-4-13-10-6-8(11-2)5-9(7-10)12-3;1-3-4(2)5(6)7;/h8-9H,1-7,10H2,(H,14,15);5-7H,1,4H2,2-3H3;4H,1,3H2,2H3,(H,6,7);/q3*-1;+1/t;;4-;/m..0./s1. The second kappa shape index (κ2) is 19.8. The average Bonchev–Trinajstić information content (AvgIpc) is 2.89. The number of nitrogens with zero attached hydrogens (tertiary/aromatic N) is 1. The molecule has 3 rings (SSSR count). The molecular weight excluding hydrogens is 451 g/mol. The molecule has 1 atom stereocenters. The quantitative estimate of drug-likeness (QED) is 0.300. The molecular formula is C28H41LiN2O5-2. The van der Waals surface area contributed by atoms with Crippen LogP contribution in [0.15, 0.2) is 30.3 Å². The van der Waals surface area contributed by atoms with E-state index in [2.05, 4.69) is 43.2 Å². The van der Waals surface area contributed by atoms with Crippen LogP contribution in [0.2, 0.25) is 0 Å². The van der Waals surface area contributed by atoms with Gasteiger partial charge >= 0.3 is 24.8 Å². The molecule has 0 saturated carbocycles. The molecule has 196 valence electrons. The molecule has 2 aromatic rings. The van der Waals surface area contributed by atoms with Gasteiger partial charge in [-0.05, 0) is 37.5 Å². The number of aromatic nitrogens is 1. The fourth-order valence-corrected chi connectivity index (χ4v) is 3.10. The number of hydrogen-bond donors (Lipinski definition) is 2. The van der Waals surface area contributed by atoms with E-state index in [0.717, 1.165) is 25.2 Å². The first-order chi connectivity index (χ1) is 16.9. The van der Waals surface area contributed by atoms with E-state index in [4.69, 9.17) is 19.3 Å². The van der Waals surface area contributed by atoms with Gasteiger partial charge in [-0.1, -0.05) is 25.8 Å². The number of fused-ring (bicyclic) bond motifs is 1. The van der Waals surface area contributed by atoms with Crippen molar-refractivity contribution in [3.63, 3.8) is 0 Å². The number of nitrogens with one attached hydrogen (secondary N) is 1. The zero-order valence-electron chi connectivity index (χ0n) is 22.5. The molecule has 1 aliphatic rings. The van der Waals surface area contributed by atoms with Gasteiger partial charge in [-0.15, -0.1) is 0 Å². The maximum absolute atomic E-state index is 9.89. The van der Waals surface area contributed by atoms with E-state index >= 15 is 0 Å². The third-order valence-electron chi connectivity index (χ3n) is 5.33. The van der Waals surface area contributed by atoms with Crippen molar-refractivity contribution in [3.8, 4) is 17.2 Å². The van der Waals surface area contributed by atoms with Gasteiger partial charge in [-0.3, -0.25) is 4.79 Å². The number of unbranched alkanes of at least 4 members (excludes halogenated alkanes) is 2. The average molecular weight is 493 g/mol. The minimum Gasteiger partial charge on any atom is -0.525 e. The van der Waals surface area contributed by atoms with Crippen LogP contribution in [0, 0.1) is 26.7 Å². The number of aliphatic carboxylic acids is 1. The number of carbonyl (C=O) groups is 1. The predicted octanol–water partition coefficient (Wildman–Crippen LogP) is 2.84. The molecule has 0 saturated heterocycles. The Hall–Kier alpha value is -2.36. The molecule has 1 aliphatic heterocycles. The van der Waals surface area contributed by atoms with E-state index in [9.17, 15) is 4.79 Å². The molecule has 36 heavy (non-hydrogen) atoms. The van der Waals surface area contributed by atoms with Crippen molar-refractivity contribution in [1.29, 1.82) is 0 Å². The fraction of sp³-hybridized carbons (Fsp3) is 0.464. The number of aryl methyl sites for hydroxylation is 2. The molecule has 0 fully saturated rings. The molecule has 2 heterocycles. The number of hydrogen-bond acceptors (Lipinski definition) is 6. The molecule has 2 N–H and O–H groups in total. The SMILES string of the molecule is [CH2-]CCCCc1ccc2c(n1)NCCC2.[CH2-]COc1cc(OC)cc(OC)c1.[CH2-]C[C@H](C)C(=O)O.[Li+]. The van der Waals surface area contributed by atoms with Gasteiger partial charge in [0.2, 0.25) is 0 Å². The summed E-state index contributed by atoms with van der Waals surface area (Å²) in [5.41, 5.74) is 2.60. The second-order valence-corrected chi connectivity index (χ2v) is 8.08. The van der Waals surface area contributed by atoms with Crippen LogP contribution in [-0.4, -0.2) is 43.4 Å². The van der Waals surface area contributed by atoms with Crippen molar-refractivity contribution in [2.24, 2.45) is 5.92 Å². The molecule has 0 aliphatic carbocycles. The van der Waals surface area contributed by atoms with Gasteiger partial charge in [0.15, 0.2) is 0 Å². The summed E-state index contributed by atoms with van der Waals surface area (Å²) in [6, 6.07) is 9.76. The van der Waals surface area contributed by atoms with Crippen LogP contribution in [0.25, 0.3) is 0 Å². The van der Waals surface area contributed by atoms with E-state index in [-0.39, 0.29) is 24.8 Å². The van der Waals surface area contributed by atoms with Crippen LogP contribution < -0.4 is 38.4 Å². The smallest absolute Gasteiger partial charge is 0.525 e. The largest absolute Gasteiger partial charge is 1.00 e. The molecule has 0 unspecified atom stereocenters. The van der Waals surface area contributed by atoms with E-state index < -0.39 is 5.97 Å². The first-order valence-corrected chi connectivity index (χ1v) is 12.1. The number of carboxylic acid groups (broad SMARTS) is 1. The van der Waals surface area contributed by atoms with E-state index in [1.165, 1.54) is 36.9 Å². The molecule has 1 aromatic carbocycles. The molecule has 7 nitrogen and oxygen atoms in total. The Bertz CT molecular complexity index is 857. The number of carboxylic acids is 1. The van der Waals surface area contributed by atoms with Crippen molar-refractivity contribution in [2.75, 3.05) is 32.7 Å². The van der Waals surface area contributed by atoms with E-state index in [1.807, 2.05) is 0 Å². The second-order valence-electron chi connectivity index (χ2n) is 8.08. The number of anilines is 1. The van der Waals surface area contributed by atoms with Gasteiger partial charge < -0.3 is 45.4 Å². The Morgan fingerprint density at radius 1 is 1.08 bits per heavy atom. The van der Waals surface area contributed by atoms with Gasteiger partial charge in [0, 0.05) is 36.4 Å². The van der Waals surface area contributed by atoms with Crippen LogP contribution in [0.3, 0.4) is 0 Å². The Balaban J connectivity index is 0.000000537. The van der Waals surface area contributed by atoms with Crippen molar-refractivity contribution in [1.82, 2.24) is 4.98 Å². The maximum atomic E-state index is 9.89. The Kier molecular flexibility index (Phi) is 18.5. The van der Waals surface area contributed by atoms with Gasteiger partial charge in [-0.2, -0.15) is 12.8 Å². The van der Waals surface area contributed by atoms with Crippen LogP contribution >= 0.6 is 0 Å². The zero-order chi connectivity index (χ0) is 26.1. The Morgan fingerprint density at radius 2 is 1.72 bits per heavy atom. The molecule has 0 amide bonds. The summed E-state index contributed by atoms with van der Waals surface area (Å²) in [5.74, 6) is 2.18. The fourth-order valence-electron chi connectivity index (χ4n) is 3.10. The van der Waals surface area contributed by atoms with E-state index in [0.29, 0.717) is 30.3 Å². The van der Waals surface area contributed by atoms with Gasteiger partial charge in [0.25, 0.3) is 0 Å². The summed E-state index contributed by atoms with van der Waals surface area (Å²) in [7, 11) is 3.20. The Labute approximate surface area is 229 Å². The minimum atomic E-state index is -0.769. The summed E-state index contributed by atoms with van der Waals surface area (Å²) in [5, 5.41) is 11.5. The summed E-state index contributed by atoms with van der Waals surface area (Å²) in [4.78, 5) is 14.5.